The second-order valence-corrected chi connectivity index (χ2v) is 5.94. The molecule has 6 nitrogen and oxygen atoms in total. The first kappa shape index (κ1) is 17.4. The molecule has 0 fully saturated rings. The van der Waals surface area contributed by atoms with Crippen LogP contribution in [0.2, 0.25) is 0 Å². The fourth-order valence-corrected chi connectivity index (χ4v) is 2.12. The summed E-state index contributed by atoms with van der Waals surface area (Å²) in [6.07, 6.45) is 0.913. The molecule has 6 heteroatoms. The molecule has 1 aromatic heterocycles. The van der Waals surface area contributed by atoms with Crippen molar-refractivity contribution in [1.29, 1.82) is 5.26 Å². The minimum absolute atomic E-state index is 0.224. The number of rotatable bonds is 6. The number of hydrogen-bond donors (Lipinski definition) is 2. The van der Waals surface area contributed by atoms with Crippen LogP contribution in [-0.4, -0.2) is 22.4 Å². The maximum absolute atomic E-state index is 12.2. The van der Waals surface area contributed by atoms with Crippen molar-refractivity contribution in [3.63, 3.8) is 0 Å². The van der Waals surface area contributed by atoms with Gasteiger partial charge in [0.1, 0.15) is 11.8 Å². The first-order valence-corrected chi connectivity index (χ1v) is 7.89. The zero-order chi connectivity index (χ0) is 17.5. The molecule has 0 radical (unpaired) electrons. The minimum atomic E-state index is -0.224. The summed E-state index contributed by atoms with van der Waals surface area (Å²) in [5, 5.41) is 15.0. The van der Waals surface area contributed by atoms with E-state index in [1.165, 1.54) is 0 Å². The monoisotopic (exact) mass is 323 g/mol. The van der Waals surface area contributed by atoms with E-state index in [0.717, 1.165) is 6.42 Å². The first-order chi connectivity index (χ1) is 11.5. The van der Waals surface area contributed by atoms with Crippen molar-refractivity contribution < 1.29 is 4.79 Å². The van der Waals surface area contributed by atoms with E-state index in [1.807, 2.05) is 6.07 Å². The lowest BCUT2D eigenvalue weighted by Gasteiger charge is -2.10. The third-order valence-electron chi connectivity index (χ3n) is 3.39. The molecule has 0 aliphatic heterocycles. The Balaban J connectivity index is 2.16. The Morgan fingerprint density at radius 2 is 2.04 bits per heavy atom. The van der Waals surface area contributed by atoms with Crippen LogP contribution in [0.3, 0.4) is 0 Å². The number of aryl methyl sites for hydroxylation is 1. The molecule has 0 saturated heterocycles. The number of anilines is 2. The van der Waals surface area contributed by atoms with E-state index in [1.54, 1.807) is 31.2 Å². The van der Waals surface area contributed by atoms with Crippen molar-refractivity contribution in [3.8, 4) is 6.07 Å². The fraction of sp³-hybridized carbons (Fsp3) is 0.333. The van der Waals surface area contributed by atoms with E-state index in [2.05, 4.69) is 40.5 Å². The number of aromatic nitrogens is 2. The third-order valence-corrected chi connectivity index (χ3v) is 3.39. The molecule has 2 rings (SSSR count). The first-order valence-electron chi connectivity index (χ1n) is 7.89. The molecule has 24 heavy (non-hydrogen) atoms. The number of benzene rings is 1. The molecular formula is C18H21N5O. The van der Waals surface area contributed by atoms with Gasteiger partial charge in [-0.05, 0) is 37.5 Å². The molecule has 0 bridgehead atoms. The van der Waals surface area contributed by atoms with E-state index < -0.39 is 0 Å². The van der Waals surface area contributed by atoms with Gasteiger partial charge in [-0.3, -0.25) is 4.79 Å². The van der Waals surface area contributed by atoms with Crippen molar-refractivity contribution in [2.45, 2.75) is 27.2 Å². The summed E-state index contributed by atoms with van der Waals surface area (Å²) in [5.41, 5.74) is 2.08. The molecule has 124 valence electrons. The average Bonchev–Trinajstić information content (AvgIpc) is 2.54. The summed E-state index contributed by atoms with van der Waals surface area (Å²) in [4.78, 5) is 20.8. The number of carbonyl (C=O) groups excluding carboxylic acids is 1. The van der Waals surface area contributed by atoms with Crippen LogP contribution in [0.1, 0.15) is 42.0 Å². The molecule has 1 aromatic carbocycles. The Morgan fingerprint density at radius 1 is 1.29 bits per heavy atom. The predicted octanol–water partition coefficient (Wildman–Crippen LogP) is 3.18. The summed E-state index contributed by atoms with van der Waals surface area (Å²) < 4.78 is 0. The highest BCUT2D eigenvalue weighted by molar-refractivity contribution is 5.92. The van der Waals surface area contributed by atoms with E-state index in [-0.39, 0.29) is 5.91 Å². The molecule has 1 amide bonds. The summed E-state index contributed by atoms with van der Waals surface area (Å²) in [6, 6.07) is 10.8. The van der Waals surface area contributed by atoms with Crippen LogP contribution >= 0.6 is 0 Å². The molecule has 0 spiro atoms. The Hall–Kier alpha value is -2.94. The van der Waals surface area contributed by atoms with Crippen LogP contribution in [0.5, 0.6) is 0 Å². The minimum Gasteiger partial charge on any atom is -0.351 e. The Kier molecular flexibility index (Phi) is 5.85. The van der Waals surface area contributed by atoms with Crippen LogP contribution in [0.25, 0.3) is 0 Å². The Morgan fingerprint density at radius 3 is 2.75 bits per heavy atom. The van der Waals surface area contributed by atoms with Gasteiger partial charge in [0.15, 0.2) is 0 Å². The highest BCUT2D eigenvalue weighted by Crippen LogP contribution is 2.18. The maximum Gasteiger partial charge on any atom is 0.270 e. The molecule has 2 aromatic rings. The zero-order valence-electron chi connectivity index (χ0n) is 14.1. The number of para-hydroxylation sites is 1. The molecule has 0 unspecified atom stereocenters. The second-order valence-electron chi connectivity index (χ2n) is 5.94. The average molecular weight is 323 g/mol. The topological polar surface area (TPSA) is 90.7 Å². The molecule has 0 aliphatic rings. The lowest BCUT2D eigenvalue weighted by molar-refractivity contribution is 0.0947. The molecule has 2 N–H and O–H groups in total. The predicted molar refractivity (Wildman–Crippen MR) is 93.0 cm³/mol. The standard InChI is InChI=1S/C18H21N5O/c1-12(2)8-9-20-17(24)16-10-13(3)21-18(23-16)22-15-7-5-4-6-14(15)11-19/h4-7,10,12H,8-9H2,1-3H3,(H,20,24)(H,21,22,23). The summed E-state index contributed by atoms with van der Waals surface area (Å²) in [5.74, 6) is 0.599. The molecule has 0 atom stereocenters. The summed E-state index contributed by atoms with van der Waals surface area (Å²) in [7, 11) is 0. The summed E-state index contributed by atoms with van der Waals surface area (Å²) in [6.45, 7) is 6.62. The number of amides is 1. The molecule has 0 aliphatic carbocycles. The highest BCUT2D eigenvalue weighted by atomic mass is 16.1. The van der Waals surface area contributed by atoms with Crippen LogP contribution in [0.15, 0.2) is 30.3 Å². The van der Waals surface area contributed by atoms with E-state index in [0.29, 0.717) is 41.0 Å². The fourth-order valence-electron chi connectivity index (χ4n) is 2.12. The van der Waals surface area contributed by atoms with Crippen molar-refractivity contribution in [3.05, 3.63) is 47.3 Å². The number of hydrogen-bond acceptors (Lipinski definition) is 5. The van der Waals surface area contributed by atoms with Gasteiger partial charge in [-0.1, -0.05) is 26.0 Å². The van der Waals surface area contributed by atoms with Crippen LogP contribution < -0.4 is 10.6 Å². The second kappa shape index (κ2) is 8.06. The van der Waals surface area contributed by atoms with Gasteiger partial charge in [0, 0.05) is 12.2 Å². The Bertz CT molecular complexity index is 764. The van der Waals surface area contributed by atoms with Gasteiger partial charge in [-0.2, -0.15) is 5.26 Å². The lowest BCUT2D eigenvalue weighted by Crippen LogP contribution is -2.26. The Labute approximate surface area is 142 Å². The number of nitrogens with one attached hydrogen (secondary N) is 2. The number of carbonyl (C=O) groups is 1. The quantitative estimate of drug-likeness (QED) is 0.852. The summed E-state index contributed by atoms with van der Waals surface area (Å²) >= 11 is 0. The third kappa shape index (κ3) is 4.78. The van der Waals surface area contributed by atoms with E-state index >= 15 is 0 Å². The van der Waals surface area contributed by atoms with E-state index in [9.17, 15) is 4.79 Å². The number of nitriles is 1. The van der Waals surface area contributed by atoms with Gasteiger partial charge in [-0.25, -0.2) is 9.97 Å². The molecular weight excluding hydrogens is 302 g/mol. The SMILES string of the molecule is Cc1cc(C(=O)NCCC(C)C)nc(Nc2ccccc2C#N)n1. The molecule has 0 saturated carbocycles. The van der Waals surface area contributed by atoms with Crippen LogP contribution in [-0.2, 0) is 0 Å². The number of nitrogens with zero attached hydrogens (tertiary/aromatic N) is 3. The van der Waals surface area contributed by atoms with Gasteiger partial charge >= 0.3 is 0 Å². The van der Waals surface area contributed by atoms with Crippen LogP contribution in [0.4, 0.5) is 11.6 Å². The van der Waals surface area contributed by atoms with Crippen LogP contribution in [0, 0.1) is 24.2 Å². The lowest BCUT2D eigenvalue weighted by atomic mass is 10.1. The van der Waals surface area contributed by atoms with Crippen molar-refractivity contribution in [1.82, 2.24) is 15.3 Å². The van der Waals surface area contributed by atoms with Gasteiger partial charge in [0.25, 0.3) is 5.91 Å². The largest absolute Gasteiger partial charge is 0.351 e. The van der Waals surface area contributed by atoms with E-state index in [4.69, 9.17) is 5.26 Å². The van der Waals surface area contributed by atoms with Gasteiger partial charge in [0.05, 0.1) is 11.3 Å². The van der Waals surface area contributed by atoms with Crippen molar-refractivity contribution >= 4 is 17.5 Å². The van der Waals surface area contributed by atoms with Gasteiger partial charge in [-0.15, -0.1) is 0 Å². The van der Waals surface area contributed by atoms with Gasteiger partial charge < -0.3 is 10.6 Å². The van der Waals surface area contributed by atoms with Crippen molar-refractivity contribution in [2.24, 2.45) is 5.92 Å². The maximum atomic E-state index is 12.2. The normalized spacial score (nSPS) is 10.3. The van der Waals surface area contributed by atoms with Crippen molar-refractivity contribution in [2.75, 3.05) is 11.9 Å². The smallest absolute Gasteiger partial charge is 0.270 e. The highest BCUT2D eigenvalue weighted by Gasteiger charge is 2.11. The molecule has 1 heterocycles. The zero-order valence-corrected chi connectivity index (χ0v) is 14.1. The van der Waals surface area contributed by atoms with Gasteiger partial charge in [0.2, 0.25) is 5.95 Å².